The number of rotatable bonds is 5. The topological polar surface area (TPSA) is 98.0 Å². The fourth-order valence-corrected chi connectivity index (χ4v) is 2.39. The first-order chi connectivity index (χ1) is 7.78. The van der Waals surface area contributed by atoms with Crippen LogP contribution in [0.5, 0.6) is 0 Å². The molecule has 6 nitrogen and oxygen atoms in total. The van der Waals surface area contributed by atoms with Crippen molar-refractivity contribution in [1.82, 2.24) is 9.97 Å². The molecule has 0 saturated carbocycles. The minimum absolute atomic E-state index is 0.00760. The first kappa shape index (κ1) is 13.8. The number of hydrogen-bond donors (Lipinski definition) is 2. The first-order valence-electron chi connectivity index (χ1n) is 4.85. The Balaban J connectivity index is 2.75. The molecule has 0 amide bonds. The average molecular weight is 274 g/mol. The molecule has 8 heteroatoms. The number of anilines is 1. The second kappa shape index (κ2) is 5.37. The molecule has 3 N–H and O–H groups in total. The summed E-state index contributed by atoms with van der Waals surface area (Å²) >= 11 is 4.79. The van der Waals surface area contributed by atoms with E-state index >= 15 is 0 Å². The van der Waals surface area contributed by atoms with Gasteiger partial charge in [-0.05, 0) is 13.0 Å². The maximum absolute atomic E-state index is 11.1. The number of nitrogens with zero attached hydrogens (tertiary/aromatic N) is 2. The summed E-state index contributed by atoms with van der Waals surface area (Å²) < 4.78 is 22.2. The van der Waals surface area contributed by atoms with Crippen LogP contribution in [-0.2, 0) is 9.84 Å². The van der Waals surface area contributed by atoms with Gasteiger partial charge in [0.05, 0.1) is 5.75 Å². The zero-order chi connectivity index (χ0) is 13.1. The van der Waals surface area contributed by atoms with E-state index in [4.69, 9.17) is 18.0 Å². The Bertz CT molecular complexity index is 515. The Hall–Kier alpha value is -1.28. The lowest BCUT2D eigenvalue weighted by atomic mass is 10.4. The van der Waals surface area contributed by atoms with Crippen molar-refractivity contribution < 1.29 is 8.42 Å². The number of aromatic nitrogens is 2. The highest BCUT2D eigenvalue weighted by Gasteiger charge is 2.11. The number of sulfone groups is 1. The van der Waals surface area contributed by atoms with Crippen LogP contribution in [0, 0.1) is 0 Å². The van der Waals surface area contributed by atoms with Crippen LogP contribution in [0.4, 0.5) is 5.95 Å². The first-order valence-corrected chi connectivity index (χ1v) is 7.32. The van der Waals surface area contributed by atoms with Gasteiger partial charge in [0.2, 0.25) is 5.95 Å². The summed E-state index contributed by atoms with van der Waals surface area (Å²) in [6.45, 7) is 1.73. The monoisotopic (exact) mass is 274 g/mol. The molecule has 0 aromatic carbocycles. The van der Waals surface area contributed by atoms with E-state index in [9.17, 15) is 8.42 Å². The van der Waals surface area contributed by atoms with E-state index in [1.165, 1.54) is 12.5 Å². The number of thiocarbonyl (C=S) groups is 1. The van der Waals surface area contributed by atoms with Gasteiger partial charge in [-0.15, -0.1) is 0 Å². The Morgan fingerprint density at radius 2 is 2.29 bits per heavy atom. The summed E-state index contributed by atoms with van der Waals surface area (Å²) in [6.07, 6.45) is 2.69. The Morgan fingerprint density at radius 3 is 2.82 bits per heavy atom. The predicted molar refractivity (Wildman–Crippen MR) is 70.7 cm³/mol. The lowest BCUT2D eigenvalue weighted by molar-refractivity contribution is 0.597. The molecule has 0 aliphatic carbocycles. The summed E-state index contributed by atoms with van der Waals surface area (Å²) in [5, 5.41) is 2.88. The fourth-order valence-electron chi connectivity index (χ4n) is 1.28. The minimum Gasteiger partial charge on any atom is -0.388 e. The second-order valence-electron chi connectivity index (χ2n) is 3.77. The number of nitrogens with one attached hydrogen (secondary N) is 1. The smallest absolute Gasteiger partial charge is 0.223 e. The van der Waals surface area contributed by atoms with Crippen molar-refractivity contribution in [1.29, 1.82) is 0 Å². The molecule has 1 aromatic rings. The van der Waals surface area contributed by atoms with E-state index < -0.39 is 9.84 Å². The molecule has 1 rings (SSSR count). The zero-order valence-electron chi connectivity index (χ0n) is 9.54. The molecular formula is C9H14N4O2S2. The van der Waals surface area contributed by atoms with Gasteiger partial charge in [-0.2, -0.15) is 0 Å². The van der Waals surface area contributed by atoms with Crippen LogP contribution in [-0.4, -0.2) is 41.4 Å². The lowest BCUT2D eigenvalue weighted by Gasteiger charge is -2.12. The molecular weight excluding hydrogens is 260 g/mol. The van der Waals surface area contributed by atoms with Crippen LogP contribution in [0.3, 0.4) is 0 Å². The number of hydrogen-bond acceptors (Lipinski definition) is 6. The third-order valence-corrected chi connectivity index (χ3v) is 3.15. The SMILES string of the molecule is CC(CS(C)(=O)=O)Nc1nccc(C(N)=S)n1. The summed E-state index contributed by atoms with van der Waals surface area (Å²) in [6, 6.07) is 1.31. The molecule has 0 saturated heterocycles. The maximum atomic E-state index is 11.1. The molecule has 1 unspecified atom stereocenters. The summed E-state index contributed by atoms with van der Waals surface area (Å²) in [5.41, 5.74) is 5.88. The van der Waals surface area contributed by atoms with Crippen LogP contribution < -0.4 is 11.1 Å². The largest absolute Gasteiger partial charge is 0.388 e. The lowest BCUT2D eigenvalue weighted by Crippen LogP contribution is -2.26. The molecule has 1 heterocycles. The second-order valence-corrected chi connectivity index (χ2v) is 6.39. The molecule has 0 spiro atoms. The van der Waals surface area contributed by atoms with Crippen molar-refractivity contribution in [3.8, 4) is 0 Å². The van der Waals surface area contributed by atoms with Gasteiger partial charge in [0.25, 0.3) is 0 Å². The van der Waals surface area contributed by atoms with Crippen molar-refractivity contribution >= 4 is 33.0 Å². The van der Waals surface area contributed by atoms with Crippen LogP contribution in [0.2, 0.25) is 0 Å². The standard InChI is InChI=1S/C9H14N4O2S2/c1-6(5-17(2,14)15)12-9-11-4-3-7(13-9)8(10)16/h3-4,6H,5H2,1-2H3,(H2,10,16)(H,11,12,13). The molecule has 0 aliphatic heterocycles. The van der Waals surface area contributed by atoms with Crippen LogP contribution in [0.1, 0.15) is 12.6 Å². The average Bonchev–Trinajstić information content (AvgIpc) is 2.14. The highest BCUT2D eigenvalue weighted by atomic mass is 32.2. The highest BCUT2D eigenvalue weighted by Crippen LogP contribution is 2.03. The Morgan fingerprint density at radius 1 is 1.65 bits per heavy atom. The van der Waals surface area contributed by atoms with E-state index in [1.54, 1.807) is 13.0 Å². The van der Waals surface area contributed by atoms with Gasteiger partial charge in [-0.3, -0.25) is 0 Å². The maximum Gasteiger partial charge on any atom is 0.223 e. The van der Waals surface area contributed by atoms with Gasteiger partial charge in [0.1, 0.15) is 20.5 Å². The van der Waals surface area contributed by atoms with Crippen molar-refractivity contribution in [2.45, 2.75) is 13.0 Å². The molecule has 1 atom stereocenters. The van der Waals surface area contributed by atoms with Gasteiger partial charge in [0.15, 0.2) is 0 Å². The van der Waals surface area contributed by atoms with Gasteiger partial charge in [-0.1, -0.05) is 12.2 Å². The van der Waals surface area contributed by atoms with Crippen molar-refractivity contribution in [2.24, 2.45) is 5.73 Å². The predicted octanol–water partition coefficient (Wildman–Crippen LogP) is -0.0442. The van der Waals surface area contributed by atoms with Gasteiger partial charge in [-0.25, -0.2) is 18.4 Å². The van der Waals surface area contributed by atoms with Crippen molar-refractivity contribution in [2.75, 3.05) is 17.3 Å². The quantitative estimate of drug-likeness (QED) is 0.727. The van der Waals surface area contributed by atoms with Gasteiger partial charge < -0.3 is 11.1 Å². The van der Waals surface area contributed by atoms with E-state index in [2.05, 4.69) is 15.3 Å². The highest BCUT2D eigenvalue weighted by molar-refractivity contribution is 7.90. The van der Waals surface area contributed by atoms with E-state index in [0.717, 1.165) is 0 Å². The molecule has 1 aromatic heterocycles. The Labute approximate surface area is 106 Å². The summed E-state index contributed by atoms with van der Waals surface area (Å²) in [5.74, 6) is 0.319. The van der Waals surface area contributed by atoms with E-state index in [1.807, 2.05) is 0 Å². The molecule has 0 aliphatic rings. The van der Waals surface area contributed by atoms with Crippen LogP contribution in [0.15, 0.2) is 12.3 Å². The van der Waals surface area contributed by atoms with Gasteiger partial charge >= 0.3 is 0 Å². The summed E-state index contributed by atoms with van der Waals surface area (Å²) in [7, 11) is -3.04. The molecule has 0 bridgehead atoms. The molecule has 17 heavy (non-hydrogen) atoms. The van der Waals surface area contributed by atoms with E-state index in [0.29, 0.717) is 11.6 Å². The molecule has 94 valence electrons. The fraction of sp³-hybridized carbons (Fsp3) is 0.444. The van der Waals surface area contributed by atoms with Crippen LogP contribution in [0.25, 0.3) is 0 Å². The summed E-state index contributed by atoms with van der Waals surface area (Å²) in [4.78, 5) is 8.19. The number of nitrogens with two attached hydrogens (primary N) is 1. The molecule has 0 fully saturated rings. The van der Waals surface area contributed by atoms with Crippen molar-refractivity contribution in [3.05, 3.63) is 18.0 Å². The third-order valence-electron chi connectivity index (χ3n) is 1.84. The van der Waals surface area contributed by atoms with Gasteiger partial charge in [0, 0.05) is 18.5 Å². The van der Waals surface area contributed by atoms with Crippen molar-refractivity contribution in [3.63, 3.8) is 0 Å². The Kier molecular flexibility index (Phi) is 4.35. The normalized spacial score (nSPS) is 13.1. The zero-order valence-corrected chi connectivity index (χ0v) is 11.2. The van der Waals surface area contributed by atoms with E-state index in [-0.39, 0.29) is 16.8 Å². The molecule has 0 radical (unpaired) electrons. The van der Waals surface area contributed by atoms with Crippen LogP contribution >= 0.6 is 12.2 Å². The third kappa shape index (κ3) is 5.05. The minimum atomic E-state index is -3.04.